The summed E-state index contributed by atoms with van der Waals surface area (Å²) >= 11 is 2.04. The summed E-state index contributed by atoms with van der Waals surface area (Å²) < 4.78 is 5.68. The van der Waals surface area contributed by atoms with Crippen molar-refractivity contribution in [3.63, 3.8) is 0 Å². The fourth-order valence-corrected chi connectivity index (χ4v) is 3.49. The van der Waals surface area contributed by atoms with E-state index in [9.17, 15) is 0 Å². The van der Waals surface area contributed by atoms with Crippen molar-refractivity contribution in [1.82, 2.24) is 4.90 Å². The van der Waals surface area contributed by atoms with E-state index in [1.54, 1.807) is 0 Å². The van der Waals surface area contributed by atoms with Crippen molar-refractivity contribution >= 4 is 11.8 Å². The molecule has 2 atom stereocenters. The first-order valence-corrected chi connectivity index (χ1v) is 6.59. The first-order valence-electron chi connectivity index (χ1n) is 5.44. The van der Waals surface area contributed by atoms with Crippen LogP contribution in [-0.2, 0) is 4.74 Å². The quantitative estimate of drug-likeness (QED) is 0.731. The predicted octanol–water partition coefficient (Wildman–Crippen LogP) is 0.542. The molecule has 0 amide bonds. The van der Waals surface area contributed by atoms with Gasteiger partial charge < -0.3 is 10.5 Å². The third kappa shape index (κ3) is 1.69. The Labute approximate surface area is 90.3 Å². The fourth-order valence-electron chi connectivity index (χ4n) is 2.59. The van der Waals surface area contributed by atoms with Crippen molar-refractivity contribution in [2.24, 2.45) is 5.73 Å². The minimum Gasteiger partial charge on any atom is -0.376 e. The van der Waals surface area contributed by atoms with Crippen molar-refractivity contribution < 1.29 is 4.74 Å². The molecule has 4 heteroatoms. The standard InChI is InChI=1S/C10H20N2OS/c1-9-10(8-11,2-5-13-9)12-3-6-14-7-4-12/h9H,2-8,11H2,1H3. The molecule has 0 radical (unpaired) electrons. The highest BCUT2D eigenvalue weighted by Gasteiger charge is 2.45. The zero-order chi connectivity index (χ0) is 10.0. The second-order valence-electron chi connectivity index (χ2n) is 4.17. The number of nitrogens with two attached hydrogens (primary N) is 1. The minimum atomic E-state index is 0.140. The molecule has 2 rings (SSSR count). The Morgan fingerprint density at radius 3 is 2.71 bits per heavy atom. The van der Waals surface area contributed by atoms with E-state index < -0.39 is 0 Å². The minimum absolute atomic E-state index is 0.140. The van der Waals surface area contributed by atoms with Gasteiger partial charge >= 0.3 is 0 Å². The lowest BCUT2D eigenvalue weighted by Crippen LogP contribution is -2.60. The molecule has 0 bridgehead atoms. The maximum absolute atomic E-state index is 5.96. The Bertz CT molecular complexity index is 197. The van der Waals surface area contributed by atoms with Crippen LogP contribution >= 0.6 is 11.8 Å². The fraction of sp³-hybridized carbons (Fsp3) is 1.00. The van der Waals surface area contributed by atoms with E-state index in [0.717, 1.165) is 19.6 Å². The normalized spacial score (nSPS) is 40.3. The van der Waals surface area contributed by atoms with Gasteiger partial charge in [-0.15, -0.1) is 0 Å². The first kappa shape index (κ1) is 10.7. The average molecular weight is 216 g/mol. The predicted molar refractivity (Wildman–Crippen MR) is 60.7 cm³/mol. The molecule has 0 spiro atoms. The van der Waals surface area contributed by atoms with Gasteiger partial charge in [0.1, 0.15) is 0 Å². The zero-order valence-corrected chi connectivity index (χ0v) is 9.68. The van der Waals surface area contributed by atoms with Gasteiger partial charge in [-0.05, 0) is 13.3 Å². The van der Waals surface area contributed by atoms with Gasteiger partial charge in [-0.25, -0.2) is 0 Å². The van der Waals surface area contributed by atoms with Crippen LogP contribution in [0.25, 0.3) is 0 Å². The Balaban J connectivity index is 2.09. The van der Waals surface area contributed by atoms with Crippen LogP contribution in [0.3, 0.4) is 0 Å². The van der Waals surface area contributed by atoms with Crippen molar-refractivity contribution in [3.8, 4) is 0 Å². The largest absolute Gasteiger partial charge is 0.376 e. The molecule has 2 unspecified atom stereocenters. The van der Waals surface area contributed by atoms with Crippen LogP contribution in [0.5, 0.6) is 0 Å². The third-order valence-corrected chi connectivity index (χ3v) is 4.60. The summed E-state index contributed by atoms with van der Waals surface area (Å²) in [5, 5.41) is 0. The molecule has 82 valence electrons. The van der Waals surface area contributed by atoms with Crippen molar-refractivity contribution in [3.05, 3.63) is 0 Å². The average Bonchev–Trinajstić information content (AvgIpc) is 2.62. The summed E-state index contributed by atoms with van der Waals surface area (Å²) in [6.07, 6.45) is 1.41. The molecule has 2 heterocycles. The van der Waals surface area contributed by atoms with Gasteiger partial charge in [0.05, 0.1) is 11.6 Å². The summed E-state index contributed by atoms with van der Waals surface area (Å²) in [5.74, 6) is 2.49. The van der Waals surface area contributed by atoms with E-state index in [4.69, 9.17) is 10.5 Å². The Kier molecular flexibility index (Phi) is 3.37. The van der Waals surface area contributed by atoms with Crippen LogP contribution in [0.15, 0.2) is 0 Å². The molecule has 0 saturated carbocycles. The van der Waals surface area contributed by atoms with Crippen molar-refractivity contribution in [2.75, 3.05) is 37.7 Å². The van der Waals surface area contributed by atoms with Crippen LogP contribution in [0, 0.1) is 0 Å². The van der Waals surface area contributed by atoms with Gasteiger partial charge in [0.25, 0.3) is 0 Å². The van der Waals surface area contributed by atoms with E-state index in [2.05, 4.69) is 11.8 Å². The third-order valence-electron chi connectivity index (χ3n) is 3.65. The molecule has 0 aromatic rings. The van der Waals surface area contributed by atoms with Crippen LogP contribution in [0.4, 0.5) is 0 Å². The van der Waals surface area contributed by atoms with Gasteiger partial charge in [0.15, 0.2) is 0 Å². The number of nitrogens with zero attached hydrogens (tertiary/aromatic N) is 1. The van der Waals surface area contributed by atoms with Crippen LogP contribution in [0.2, 0.25) is 0 Å². The van der Waals surface area contributed by atoms with E-state index >= 15 is 0 Å². The highest BCUT2D eigenvalue weighted by Crippen LogP contribution is 2.32. The molecule has 2 saturated heterocycles. The van der Waals surface area contributed by atoms with Gasteiger partial charge in [-0.3, -0.25) is 4.90 Å². The summed E-state index contributed by atoms with van der Waals surface area (Å²) in [7, 11) is 0. The Hall–Kier alpha value is 0.230. The molecule has 0 aliphatic carbocycles. The summed E-state index contributed by atoms with van der Waals surface area (Å²) in [4.78, 5) is 2.56. The molecular weight excluding hydrogens is 196 g/mol. The number of ether oxygens (including phenoxy) is 1. The van der Waals surface area contributed by atoms with Crippen molar-refractivity contribution in [1.29, 1.82) is 0 Å². The second-order valence-corrected chi connectivity index (χ2v) is 5.39. The number of hydrogen-bond donors (Lipinski definition) is 1. The summed E-state index contributed by atoms with van der Waals surface area (Å²) in [6, 6.07) is 0. The van der Waals surface area contributed by atoms with Crippen molar-refractivity contribution in [2.45, 2.75) is 25.0 Å². The first-order chi connectivity index (χ1) is 6.79. The lowest BCUT2D eigenvalue weighted by Gasteiger charge is -2.44. The summed E-state index contributed by atoms with van der Waals surface area (Å²) in [5.41, 5.74) is 6.10. The SMILES string of the molecule is CC1OCCC1(CN)N1CCSCC1. The zero-order valence-electron chi connectivity index (χ0n) is 8.87. The van der Waals surface area contributed by atoms with E-state index in [1.807, 2.05) is 11.8 Å². The lowest BCUT2D eigenvalue weighted by molar-refractivity contribution is 0.0197. The molecule has 2 N–H and O–H groups in total. The highest BCUT2D eigenvalue weighted by molar-refractivity contribution is 7.99. The number of hydrogen-bond acceptors (Lipinski definition) is 4. The lowest BCUT2D eigenvalue weighted by atomic mass is 9.89. The molecule has 2 aliphatic heterocycles. The number of thioether (sulfide) groups is 1. The second kappa shape index (κ2) is 4.39. The van der Waals surface area contributed by atoms with E-state index in [-0.39, 0.29) is 5.54 Å². The topological polar surface area (TPSA) is 38.5 Å². The smallest absolute Gasteiger partial charge is 0.0743 e. The molecule has 2 fully saturated rings. The molecular formula is C10H20N2OS. The van der Waals surface area contributed by atoms with Gasteiger partial charge in [0, 0.05) is 37.7 Å². The Morgan fingerprint density at radius 2 is 2.21 bits per heavy atom. The van der Waals surface area contributed by atoms with Crippen LogP contribution in [0.1, 0.15) is 13.3 Å². The molecule has 3 nitrogen and oxygen atoms in total. The van der Waals surface area contributed by atoms with Gasteiger partial charge in [-0.2, -0.15) is 11.8 Å². The number of rotatable bonds is 2. The molecule has 14 heavy (non-hydrogen) atoms. The monoisotopic (exact) mass is 216 g/mol. The maximum atomic E-state index is 5.96. The van der Waals surface area contributed by atoms with Gasteiger partial charge in [-0.1, -0.05) is 0 Å². The maximum Gasteiger partial charge on any atom is 0.0743 e. The van der Waals surface area contributed by atoms with Crippen LogP contribution < -0.4 is 5.73 Å². The molecule has 2 aliphatic rings. The molecule has 0 aromatic carbocycles. The van der Waals surface area contributed by atoms with Gasteiger partial charge in [0.2, 0.25) is 0 Å². The van der Waals surface area contributed by atoms with Crippen LogP contribution in [-0.4, -0.2) is 54.3 Å². The summed E-state index contributed by atoms with van der Waals surface area (Å²) in [6.45, 7) is 6.13. The highest BCUT2D eigenvalue weighted by atomic mass is 32.2. The van der Waals surface area contributed by atoms with E-state index in [0.29, 0.717) is 6.10 Å². The van der Waals surface area contributed by atoms with E-state index in [1.165, 1.54) is 24.6 Å². The Morgan fingerprint density at radius 1 is 1.50 bits per heavy atom. The molecule has 0 aromatic heterocycles.